The summed E-state index contributed by atoms with van der Waals surface area (Å²) >= 11 is 0. The summed E-state index contributed by atoms with van der Waals surface area (Å²) in [6.45, 7) is 4.68. The van der Waals surface area contributed by atoms with E-state index in [4.69, 9.17) is 0 Å². The summed E-state index contributed by atoms with van der Waals surface area (Å²) in [7, 11) is 1.79. The predicted molar refractivity (Wildman–Crippen MR) is 74.3 cm³/mol. The zero-order chi connectivity index (χ0) is 14.0. The molecule has 0 bridgehead atoms. The highest BCUT2D eigenvalue weighted by molar-refractivity contribution is 5.86. The molecule has 0 N–H and O–H groups in total. The van der Waals surface area contributed by atoms with Crippen molar-refractivity contribution >= 4 is 5.91 Å². The minimum absolute atomic E-state index is 0.0258. The maximum Gasteiger partial charge on any atom is 0.243 e. The van der Waals surface area contributed by atoms with Crippen molar-refractivity contribution in [1.82, 2.24) is 4.90 Å². The number of amides is 1. The van der Waals surface area contributed by atoms with E-state index in [-0.39, 0.29) is 5.91 Å². The Bertz CT molecular complexity index is 538. The highest BCUT2D eigenvalue weighted by Crippen LogP contribution is 2.41. The second-order valence-corrected chi connectivity index (χ2v) is 5.64. The molecule has 19 heavy (non-hydrogen) atoms. The summed E-state index contributed by atoms with van der Waals surface area (Å²) in [5, 5.41) is 9.22. The number of rotatable bonds is 3. The van der Waals surface area contributed by atoms with Gasteiger partial charge in [-0.15, -0.1) is 0 Å². The number of aryl methyl sites for hydroxylation is 2. The van der Waals surface area contributed by atoms with Crippen LogP contribution in [0.1, 0.15) is 36.0 Å². The molecule has 1 aromatic carbocycles. The van der Waals surface area contributed by atoms with Crippen LogP contribution in [0.5, 0.6) is 0 Å². The van der Waals surface area contributed by atoms with Gasteiger partial charge < -0.3 is 4.90 Å². The highest BCUT2D eigenvalue weighted by atomic mass is 16.2. The number of hydrogen-bond acceptors (Lipinski definition) is 2. The normalized spacial score (nSPS) is 16.3. The standard InChI is InChI=1S/C16H20N2O/c1-12-5-6-13(2)14(9-12)10-18(3)15(19)16(11-17)7-4-8-16/h5-6,9H,4,7-8,10H2,1-3H3. The molecule has 0 aliphatic heterocycles. The average molecular weight is 256 g/mol. The van der Waals surface area contributed by atoms with Gasteiger partial charge in [-0.3, -0.25) is 4.79 Å². The topological polar surface area (TPSA) is 44.1 Å². The largest absolute Gasteiger partial charge is 0.340 e. The van der Waals surface area contributed by atoms with Crippen molar-refractivity contribution in [3.05, 3.63) is 34.9 Å². The molecule has 1 fully saturated rings. The molecule has 0 unspecified atom stereocenters. The van der Waals surface area contributed by atoms with Crippen LogP contribution in [0, 0.1) is 30.6 Å². The fourth-order valence-electron chi connectivity index (χ4n) is 2.57. The summed E-state index contributed by atoms with van der Waals surface area (Å²) in [6, 6.07) is 8.47. The Labute approximate surface area is 114 Å². The lowest BCUT2D eigenvalue weighted by molar-refractivity contribution is -0.142. The van der Waals surface area contributed by atoms with Crippen LogP contribution in [-0.2, 0) is 11.3 Å². The van der Waals surface area contributed by atoms with Crippen molar-refractivity contribution in [2.45, 2.75) is 39.7 Å². The number of benzene rings is 1. The summed E-state index contributed by atoms with van der Waals surface area (Å²) in [5.74, 6) is -0.0258. The fourth-order valence-corrected chi connectivity index (χ4v) is 2.57. The van der Waals surface area contributed by atoms with Gasteiger partial charge in [0.1, 0.15) is 5.41 Å². The van der Waals surface area contributed by atoms with E-state index < -0.39 is 5.41 Å². The third-order valence-electron chi connectivity index (χ3n) is 4.09. The fraction of sp³-hybridized carbons (Fsp3) is 0.500. The van der Waals surface area contributed by atoms with E-state index in [1.807, 2.05) is 6.92 Å². The van der Waals surface area contributed by atoms with Gasteiger partial charge in [-0.2, -0.15) is 5.26 Å². The molecule has 1 amide bonds. The summed E-state index contributed by atoms with van der Waals surface area (Å²) in [5.41, 5.74) is 2.79. The van der Waals surface area contributed by atoms with Gasteiger partial charge in [0, 0.05) is 13.6 Å². The van der Waals surface area contributed by atoms with Gasteiger partial charge in [0.2, 0.25) is 5.91 Å². The van der Waals surface area contributed by atoms with E-state index in [2.05, 4.69) is 31.2 Å². The molecule has 1 aliphatic rings. The van der Waals surface area contributed by atoms with E-state index in [0.29, 0.717) is 19.4 Å². The average Bonchev–Trinajstić information content (AvgIpc) is 2.33. The van der Waals surface area contributed by atoms with Crippen LogP contribution in [0.15, 0.2) is 18.2 Å². The van der Waals surface area contributed by atoms with Crippen molar-refractivity contribution < 1.29 is 4.79 Å². The SMILES string of the molecule is Cc1ccc(C)c(CN(C)C(=O)C2(C#N)CCC2)c1. The minimum atomic E-state index is -0.744. The monoisotopic (exact) mass is 256 g/mol. The van der Waals surface area contributed by atoms with Crippen LogP contribution in [0.25, 0.3) is 0 Å². The van der Waals surface area contributed by atoms with Crippen molar-refractivity contribution in [3.63, 3.8) is 0 Å². The molecule has 0 spiro atoms. The van der Waals surface area contributed by atoms with Crippen LogP contribution in [0.2, 0.25) is 0 Å². The molecule has 0 radical (unpaired) electrons. The first-order chi connectivity index (χ1) is 8.98. The van der Waals surface area contributed by atoms with Gasteiger partial charge >= 0.3 is 0 Å². The Balaban J connectivity index is 2.13. The third-order valence-corrected chi connectivity index (χ3v) is 4.09. The van der Waals surface area contributed by atoms with E-state index in [1.54, 1.807) is 11.9 Å². The lowest BCUT2D eigenvalue weighted by Gasteiger charge is -2.36. The molecular formula is C16H20N2O. The molecule has 0 saturated heterocycles. The molecule has 0 heterocycles. The second kappa shape index (κ2) is 5.05. The van der Waals surface area contributed by atoms with Crippen molar-refractivity contribution in [2.24, 2.45) is 5.41 Å². The van der Waals surface area contributed by atoms with E-state index in [1.165, 1.54) is 11.1 Å². The first-order valence-electron chi connectivity index (χ1n) is 6.71. The number of hydrogen-bond donors (Lipinski definition) is 0. The Kier molecular flexibility index (Phi) is 3.61. The van der Waals surface area contributed by atoms with E-state index in [9.17, 15) is 10.1 Å². The molecule has 2 rings (SSSR count). The zero-order valence-electron chi connectivity index (χ0n) is 11.9. The molecule has 100 valence electrons. The van der Waals surface area contributed by atoms with Crippen molar-refractivity contribution in [1.29, 1.82) is 5.26 Å². The Morgan fingerprint density at radius 2 is 2.11 bits per heavy atom. The smallest absolute Gasteiger partial charge is 0.243 e. The first-order valence-corrected chi connectivity index (χ1v) is 6.71. The molecule has 3 nitrogen and oxygen atoms in total. The Morgan fingerprint density at radius 1 is 1.42 bits per heavy atom. The molecule has 0 aromatic heterocycles. The predicted octanol–water partition coefficient (Wildman–Crippen LogP) is 2.96. The van der Waals surface area contributed by atoms with Crippen molar-refractivity contribution in [2.75, 3.05) is 7.05 Å². The summed E-state index contributed by atoms with van der Waals surface area (Å²) in [6.07, 6.45) is 2.40. The quantitative estimate of drug-likeness (QED) is 0.834. The Hall–Kier alpha value is -1.82. The number of nitriles is 1. The van der Waals surface area contributed by atoms with Crippen LogP contribution in [0.4, 0.5) is 0 Å². The lowest BCUT2D eigenvalue weighted by Crippen LogP contribution is -2.45. The van der Waals surface area contributed by atoms with Crippen LogP contribution in [0.3, 0.4) is 0 Å². The number of carbonyl (C=O) groups is 1. The van der Waals surface area contributed by atoms with Gasteiger partial charge in [-0.1, -0.05) is 23.8 Å². The maximum absolute atomic E-state index is 12.4. The molecular weight excluding hydrogens is 236 g/mol. The molecule has 1 aliphatic carbocycles. The Morgan fingerprint density at radius 3 is 2.63 bits per heavy atom. The molecule has 0 atom stereocenters. The second-order valence-electron chi connectivity index (χ2n) is 5.64. The van der Waals surface area contributed by atoms with Crippen molar-refractivity contribution in [3.8, 4) is 6.07 Å². The van der Waals surface area contributed by atoms with Crippen LogP contribution < -0.4 is 0 Å². The van der Waals surface area contributed by atoms with E-state index >= 15 is 0 Å². The number of carbonyl (C=O) groups excluding carboxylic acids is 1. The lowest BCUT2D eigenvalue weighted by atomic mass is 9.69. The molecule has 3 heteroatoms. The van der Waals surface area contributed by atoms with Gasteiger partial charge in [0.25, 0.3) is 0 Å². The van der Waals surface area contributed by atoms with Gasteiger partial charge in [0.05, 0.1) is 6.07 Å². The first kappa shape index (κ1) is 13.6. The van der Waals surface area contributed by atoms with Crippen LogP contribution in [-0.4, -0.2) is 17.9 Å². The van der Waals surface area contributed by atoms with E-state index in [0.717, 1.165) is 12.0 Å². The minimum Gasteiger partial charge on any atom is -0.340 e. The summed E-state index contributed by atoms with van der Waals surface area (Å²) in [4.78, 5) is 14.1. The highest BCUT2D eigenvalue weighted by Gasteiger charge is 2.46. The molecule has 1 saturated carbocycles. The number of nitrogens with zero attached hydrogens (tertiary/aromatic N) is 2. The molecule has 1 aromatic rings. The maximum atomic E-state index is 12.4. The summed E-state index contributed by atoms with van der Waals surface area (Å²) < 4.78 is 0. The van der Waals surface area contributed by atoms with Gasteiger partial charge in [-0.05, 0) is 44.2 Å². The van der Waals surface area contributed by atoms with Gasteiger partial charge in [-0.25, -0.2) is 0 Å². The zero-order valence-corrected chi connectivity index (χ0v) is 11.9. The van der Waals surface area contributed by atoms with Crippen LogP contribution >= 0.6 is 0 Å². The third kappa shape index (κ3) is 2.49. The van der Waals surface area contributed by atoms with Gasteiger partial charge in [0.15, 0.2) is 0 Å².